The molecule has 0 aliphatic carbocycles. The average molecular weight is 165 g/mol. The monoisotopic (exact) mass is 165 g/mol. The number of hydrogen-bond donors (Lipinski definition) is 0. The summed E-state index contributed by atoms with van der Waals surface area (Å²) < 4.78 is 0. The molecule has 0 aliphatic rings. The van der Waals surface area contributed by atoms with Crippen LogP contribution in [-0.4, -0.2) is 0 Å². The minimum Gasteiger partial charge on any atom is -0.0885 e. The number of rotatable bonds is 7. The van der Waals surface area contributed by atoms with Gasteiger partial charge < -0.3 is 0 Å². The summed E-state index contributed by atoms with van der Waals surface area (Å²) >= 11 is 0. The maximum absolute atomic E-state index is 3.64. The predicted octanol–water partition coefficient (Wildman–Crippen LogP) is 4.29. The van der Waals surface area contributed by atoms with Gasteiger partial charge in [-0.1, -0.05) is 44.1 Å². The van der Waals surface area contributed by atoms with Crippen LogP contribution in [0.25, 0.3) is 0 Å². The molecule has 0 aromatic heterocycles. The zero-order valence-electron chi connectivity index (χ0n) is 8.26. The first-order valence-corrected chi connectivity index (χ1v) is 5.01. The highest BCUT2D eigenvalue weighted by atomic mass is 13.9. The van der Waals surface area contributed by atoms with Gasteiger partial charge in [0, 0.05) is 0 Å². The lowest BCUT2D eigenvalue weighted by Gasteiger charge is -1.91. The van der Waals surface area contributed by atoms with E-state index in [4.69, 9.17) is 0 Å². The van der Waals surface area contributed by atoms with E-state index in [2.05, 4.69) is 32.1 Å². The van der Waals surface area contributed by atoms with Crippen molar-refractivity contribution in [2.75, 3.05) is 0 Å². The molecule has 0 heteroatoms. The van der Waals surface area contributed by atoms with Crippen molar-refractivity contribution in [2.45, 2.75) is 45.4 Å². The van der Waals surface area contributed by atoms with Crippen LogP contribution in [0.1, 0.15) is 45.4 Å². The molecule has 0 unspecified atom stereocenters. The van der Waals surface area contributed by atoms with Gasteiger partial charge in [-0.15, -0.1) is 0 Å². The van der Waals surface area contributed by atoms with E-state index in [-0.39, 0.29) is 0 Å². The molecule has 0 N–H and O–H groups in total. The molecule has 0 aromatic rings. The van der Waals surface area contributed by atoms with Crippen molar-refractivity contribution in [3.8, 4) is 0 Å². The molecule has 1 radical (unpaired) electrons. The third-order valence-electron chi connectivity index (χ3n) is 1.81. The summed E-state index contributed by atoms with van der Waals surface area (Å²) in [6, 6.07) is 0. The Morgan fingerprint density at radius 1 is 0.917 bits per heavy atom. The van der Waals surface area contributed by atoms with Gasteiger partial charge in [-0.2, -0.15) is 0 Å². The van der Waals surface area contributed by atoms with Gasteiger partial charge in [0.05, 0.1) is 0 Å². The fraction of sp³-hybridized carbons (Fsp3) is 0.583. The van der Waals surface area contributed by atoms with Gasteiger partial charge in [-0.05, 0) is 32.6 Å². The molecule has 0 atom stereocenters. The van der Waals surface area contributed by atoms with Crippen LogP contribution in [0.15, 0.2) is 24.3 Å². The van der Waals surface area contributed by atoms with Crippen LogP contribution in [-0.2, 0) is 0 Å². The molecule has 0 heterocycles. The van der Waals surface area contributed by atoms with Crippen molar-refractivity contribution in [3.63, 3.8) is 0 Å². The van der Waals surface area contributed by atoms with Gasteiger partial charge in [-0.3, -0.25) is 0 Å². The SMILES string of the molecule is [CH2]/C=C/CC/C=C\CCCCC. The molecular formula is C12H21. The minimum absolute atomic E-state index is 1.13. The third-order valence-corrected chi connectivity index (χ3v) is 1.81. The lowest BCUT2D eigenvalue weighted by atomic mass is 10.2. The Labute approximate surface area is 77.4 Å². The molecule has 0 rings (SSSR count). The smallest absolute Gasteiger partial charge is 0.0316 e. The quantitative estimate of drug-likeness (QED) is 0.390. The molecule has 0 bridgehead atoms. The number of allylic oxidation sites excluding steroid dienone is 4. The molecule has 0 fully saturated rings. The lowest BCUT2D eigenvalue weighted by Crippen LogP contribution is -1.71. The normalized spacial score (nSPS) is 11.8. The van der Waals surface area contributed by atoms with E-state index in [1.54, 1.807) is 0 Å². The highest BCUT2D eigenvalue weighted by molar-refractivity contribution is 4.88. The van der Waals surface area contributed by atoms with Gasteiger partial charge >= 0.3 is 0 Å². The topological polar surface area (TPSA) is 0 Å². The van der Waals surface area contributed by atoms with Crippen LogP contribution in [0, 0.1) is 6.92 Å². The first-order chi connectivity index (χ1) is 5.91. The first-order valence-electron chi connectivity index (χ1n) is 5.01. The van der Waals surface area contributed by atoms with Gasteiger partial charge in [0.1, 0.15) is 0 Å². The van der Waals surface area contributed by atoms with Crippen LogP contribution in [0.4, 0.5) is 0 Å². The zero-order chi connectivity index (χ0) is 9.07. The van der Waals surface area contributed by atoms with E-state index >= 15 is 0 Å². The molecule has 12 heavy (non-hydrogen) atoms. The Kier molecular flexibility index (Phi) is 10.0. The van der Waals surface area contributed by atoms with E-state index < -0.39 is 0 Å². The van der Waals surface area contributed by atoms with Crippen LogP contribution >= 0.6 is 0 Å². The van der Waals surface area contributed by atoms with Crippen LogP contribution in [0.3, 0.4) is 0 Å². The van der Waals surface area contributed by atoms with Crippen molar-refractivity contribution in [2.24, 2.45) is 0 Å². The predicted molar refractivity (Wildman–Crippen MR) is 57.0 cm³/mol. The second-order valence-corrected chi connectivity index (χ2v) is 3.02. The molecule has 0 aliphatic heterocycles. The lowest BCUT2D eigenvalue weighted by molar-refractivity contribution is 0.728. The summed E-state index contributed by atoms with van der Waals surface area (Å²) in [6.45, 7) is 5.88. The highest BCUT2D eigenvalue weighted by Gasteiger charge is 1.81. The molecule has 0 nitrogen and oxygen atoms in total. The van der Waals surface area contributed by atoms with Crippen molar-refractivity contribution in [3.05, 3.63) is 31.2 Å². The number of hydrogen-bond acceptors (Lipinski definition) is 0. The summed E-state index contributed by atoms with van der Waals surface area (Å²) in [5.74, 6) is 0. The second kappa shape index (κ2) is 10.5. The van der Waals surface area contributed by atoms with E-state index in [0.29, 0.717) is 0 Å². The van der Waals surface area contributed by atoms with Crippen LogP contribution in [0.2, 0.25) is 0 Å². The zero-order valence-corrected chi connectivity index (χ0v) is 8.26. The Balaban J connectivity index is 3.03. The Hall–Kier alpha value is -0.520. The summed E-state index contributed by atoms with van der Waals surface area (Å²) in [5.41, 5.74) is 0. The summed E-state index contributed by atoms with van der Waals surface area (Å²) in [7, 11) is 0. The molecule has 0 aromatic carbocycles. The summed E-state index contributed by atoms with van der Waals surface area (Å²) in [4.78, 5) is 0. The highest BCUT2D eigenvalue weighted by Crippen LogP contribution is 2.01. The van der Waals surface area contributed by atoms with Crippen molar-refractivity contribution in [1.82, 2.24) is 0 Å². The average Bonchev–Trinajstić information content (AvgIpc) is 2.10. The molecule has 0 amide bonds. The summed E-state index contributed by atoms with van der Waals surface area (Å²) in [6.07, 6.45) is 16.1. The molecule has 0 saturated carbocycles. The maximum Gasteiger partial charge on any atom is -0.0316 e. The van der Waals surface area contributed by atoms with Gasteiger partial charge in [0.15, 0.2) is 0 Å². The van der Waals surface area contributed by atoms with E-state index in [0.717, 1.165) is 12.8 Å². The second-order valence-electron chi connectivity index (χ2n) is 3.02. The fourth-order valence-corrected chi connectivity index (χ4v) is 1.06. The first kappa shape index (κ1) is 11.5. The van der Waals surface area contributed by atoms with Gasteiger partial charge in [0.2, 0.25) is 0 Å². The Morgan fingerprint density at radius 2 is 1.58 bits per heavy atom. The fourth-order valence-electron chi connectivity index (χ4n) is 1.06. The Bertz CT molecular complexity index is 120. The van der Waals surface area contributed by atoms with Crippen LogP contribution in [0.5, 0.6) is 0 Å². The standard InChI is InChI=1S/C12H21/c1-3-5-7-9-11-12-10-8-6-4-2/h3,5,11-12H,1,4,6-10H2,2H3/b5-3+,12-11-. The minimum atomic E-state index is 1.13. The van der Waals surface area contributed by atoms with Crippen molar-refractivity contribution in [1.29, 1.82) is 0 Å². The largest absolute Gasteiger partial charge is 0.0885 e. The van der Waals surface area contributed by atoms with Crippen LogP contribution < -0.4 is 0 Å². The Morgan fingerprint density at radius 3 is 2.25 bits per heavy atom. The maximum atomic E-state index is 3.64. The molecular weight excluding hydrogens is 144 g/mol. The van der Waals surface area contributed by atoms with E-state index in [1.807, 2.05) is 6.08 Å². The van der Waals surface area contributed by atoms with Crippen molar-refractivity contribution < 1.29 is 0 Å². The molecule has 0 spiro atoms. The molecule has 69 valence electrons. The number of unbranched alkanes of at least 4 members (excludes halogenated alkanes) is 4. The van der Waals surface area contributed by atoms with Gasteiger partial charge in [0.25, 0.3) is 0 Å². The molecule has 0 saturated heterocycles. The van der Waals surface area contributed by atoms with E-state index in [9.17, 15) is 0 Å². The van der Waals surface area contributed by atoms with Crippen molar-refractivity contribution >= 4 is 0 Å². The van der Waals surface area contributed by atoms with E-state index in [1.165, 1.54) is 25.7 Å². The van der Waals surface area contributed by atoms with Gasteiger partial charge in [-0.25, -0.2) is 0 Å². The summed E-state index contributed by atoms with van der Waals surface area (Å²) in [5, 5.41) is 0. The third kappa shape index (κ3) is 9.48.